The zero-order valence-corrected chi connectivity index (χ0v) is 11.5. The predicted molar refractivity (Wildman–Crippen MR) is 77.6 cm³/mol. The van der Waals surface area contributed by atoms with Crippen LogP contribution in [0.15, 0.2) is 42.7 Å². The summed E-state index contributed by atoms with van der Waals surface area (Å²) in [5.41, 5.74) is 2.05. The first-order valence-corrected chi connectivity index (χ1v) is 6.68. The molecular weight excluding hydrogens is 268 g/mol. The van der Waals surface area contributed by atoms with E-state index in [0.717, 1.165) is 17.7 Å². The number of anilines is 1. The second-order valence-corrected chi connectivity index (χ2v) is 5.08. The maximum atomic E-state index is 12.8. The van der Waals surface area contributed by atoms with E-state index in [-0.39, 0.29) is 23.1 Å². The lowest BCUT2D eigenvalue weighted by Gasteiger charge is -2.23. The van der Waals surface area contributed by atoms with Crippen molar-refractivity contribution in [3.05, 3.63) is 59.4 Å². The molecule has 0 saturated heterocycles. The maximum Gasteiger partial charge on any atom is 0.338 e. The number of carbonyl (C=O) groups excluding carboxylic acids is 1. The van der Waals surface area contributed by atoms with Crippen molar-refractivity contribution in [2.24, 2.45) is 0 Å². The third-order valence-electron chi connectivity index (χ3n) is 3.71. The Hall–Kier alpha value is -2.69. The highest BCUT2D eigenvalue weighted by atomic mass is 16.4. The van der Waals surface area contributed by atoms with Crippen LogP contribution in [0.3, 0.4) is 0 Å². The van der Waals surface area contributed by atoms with Crippen molar-refractivity contribution in [2.75, 3.05) is 4.90 Å². The minimum atomic E-state index is -1.15. The van der Waals surface area contributed by atoms with Gasteiger partial charge in [0.1, 0.15) is 0 Å². The number of rotatable bonds is 2. The van der Waals surface area contributed by atoms with Gasteiger partial charge in [0.05, 0.1) is 11.1 Å². The Morgan fingerprint density at radius 3 is 2.76 bits per heavy atom. The molecule has 5 heteroatoms. The van der Waals surface area contributed by atoms with E-state index in [9.17, 15) is 14.7 Å². The summed E-state index contributed by atoms with van der Waals surface area (Å²) < 4.78 is 0. The quantitative estimate of drug-likeness (QED) is 0.918. The molecule has 1 aliphatic heterocycles. The van der Waals surface area contributed by atoms with Crippen molar-refractivity contribution >= 4 is 17.6 Å². The van der Waals surface area contributed by atoms with Gasteiger partial charge in [-0.25, -0.2) is 4.79 Å². The van der Waals surface area contributed by atoms with Gasteiger partial charge in [0.2, 0.25) is 0 Å². The van der Waals surface area contributed by atoms with E-state index in [1.54, 1.807) is 4.90 Å². The summed E-state index contributed by atoms with van der Waals surface area (Å²) in [5.74, 6) is -1.45. The van der Waals surface area contributed by atoms with E-state index in [0.29, 0.717) is 0 Å². The molecule has 2 aromatic rings. The SMILES string of the molecule is CC1Cc2ccccc2N1C(=O)c1ccncc1C(=O)O. The first kappa shape index (κ1) is 13.3. The highest BCUT2D eigenvalue weighted by molar-refractivity contribution is 6.12. The monoisotopic (exact) mass is 282 g/mol. The number of aromatic nitrogens is 1. The van der Waals surface area contributed by atoms with Crippen LogP contribution >= 0.6 is 0 Å². The fourth-order valence-corrected chi connectivity index (χ4v) is 2.76. The summed E-state index contributed by atoms with van der Waals surface area (Å²) in [6, 6.07) is 9.16. The topological polar surface area (TPSA) is 70.5 Å². The van der Waals surface area contributed by atoms with Gasteiger partial charge in [-0.2, -0.15) is 0 Å². The Balaban J connectivity index is 2.06. The molecule has 106 valence electrons. The van der Waals surface area contributed by atoms with Gasteiger partial charge >= 0.3 is 5.97 Å². The average molecular weight is 282 g/mol. The summed E-state index contributed by atoms with van der Waals surface area (Å²) in [6.07, 6.45) is 3.42. The normalized spacial score (nSPS) is 16.6. The summed E-state index contributed by atoms with van der Waals surface area (Å²) in [6.45, 7) is 1.96. The summed E-state index contributed by atoms with van der Waals surface area (Å²) in [5, 5.41) is 9.21. The predicted octanol–water partition coefficient (Wildman–Crippen LogP) is 2.37. The van der Waals surface area contributed by atoms with Gasteiger partial charge < -0.3 is 10.0 Å². The van der Waals surface area contributed by atoms with Gasteiger partial charge in [0.15, 0.2) is 0 Å². The van der Waals surface area contributed by atoms with Gasteiger partial charge in [-0.1, -0.05) is 18.2 Å². The molecular formula is C16H14N2O3. The number of carboxylic acids is 1. The molecule has 0 radical (unpaired) electrons. The van der Waals surface area contributed by atoms with Crippen molar-refractivity contribution < 1.29 is 14.7 Å². The largest absolute Gasteiger partial charge is 0.478 e. The smallest absolute Gasteiger partial charge is 0.338 e. The third kappa shape index (κ3) is 2.16. The summed E-state index contributed by atoms with van der Waals surface area (Å²) in [7, 11) is 0. The van der Waals surface area contributed by atoms with Crippen LogP contribution in [0.1, 0.15) is 33.2 Å². The molecule has 1 atom stereocenters. The number of benzene rings is 1. The average Bonchev–Trinajstić information content (AvgIpc) is 2.82. The van der Waals surface area contributed by atoms with Crippen LogP contribution in [0.4, 0.5) is 5.69 Å². The molecule has 0 saturated carbocycles. The van der Waals surface area contributed by atoms with Crippen molar-refractivity contribution in [3.63, 3.8) is 0 Å². The standard InChI is InChI=1S/C16H14N2O3/c1-10-8-11-4-2-3-5-14(11)18(10)15(19)12-6-7-17-9-13(12)16(20)21/h2-7,9-10H,8H2,1H3,(H,20,21). The fourth-order valence-electron chi connectivity index (χ4n) is 2.76. The molecule has 0 fully saturated rings. The number of pyridine rings is 1. The highest BCUT2D eigenvalue weighted by Crippen LogP contribution is 2.33. The Kier molecular flexibility index (Phi) is 3.17. The third-order valence-corrected chi connectivity index (χ3v) is 3.71. The molecule has 2 heterocycles. The molecule has 1 aliphatic rings. The van der Waals surface area contributed by atoms with Crippen molar-refractivity contribution in [1.29, 1.82) is 0 Å². The number of hydrogen-bond donors (Lipinski definition) is 1. The maximum absolute atomic E-state index is 12.8. The Morgan fingerprint density at radius 2 is 2.00 bits per heavy atom. The van der Waals surface area contributed by atoms with E-state index < -0.39 is 5.97 Å². The number of carbonyl (C=O) groups is 2. The molecule has 1 amide bonds. The second kappa shape index (κ2) is 5.01. The van der Waals surface area contributed by atoms with Crippen LogP contribution < -0.4 is 4.90 Å². The lowest BCUT2D eigenvalue weighted by atomic mass is 10.1. The van der Waals surface area contributed by atoms with Gasteiger partial charge in [-0.05, 0) is 31.0 Å². The minimum absolute atomic E-state index is 0.00436. The zero-order chi connectivity index (χ0) is 15.0. The van der Waals surface area contributed by atoms with Crippen molar-refractivity contribution in [1.82, 2.24) is 4.98 Å². The van der Waals surface area contributed by atoms with Crippen LogP contribution in [0.5, 0.6) is 0 Å². The molecule has 21 heavy (non-hydrogen) atoms. The highest BCUT2D eigenvalue weighted by Gasteiger charge is 2.32. The van der Waals surface area contributed by atoms with E-state index in [1.807, 2.05) is 31.2 Å². The number of amides is 1. The first-order chi connectivity index (χ1) is 10.1. The van der Waals surface area contributed by atoms with E-state index in [4.69, 9.17) is 0 Å². The van der Waals surface area contributed by atoms with Crippen LogP contribution in [0, 0.1) is 0 Å². The van der Waals surface area contributed by atoms with Crippen LogP contribution in [-0.4, -0.2) is 28.0 Å². The van der Waals surface area contributed by atoms with E-state index in [1.165, 1.54) is 18.5 Å². The molecule has 0 bridgehead atoms. The lowest BCUT2D eigenvalue weighted by molar-refractivity contribution is 0.0691. The number of fused-ring (bicyclic) bond motifs is 1. The molecule has 1 N–H and O–H groups in total. The molecule has 0 aliphatic carbocycles. The van der Waals surface area contributed by atoms with Crippen molar-refractivity contribution in [3.8, 4) is 0 Å². The molecule has 5 nitrogen and oxygen atoms in total. The minimum Gasteiger partial charge on any atom is -0.478 e. The number of nitrogens with zero attached hydrogens (tertiary/aromatic N) is 2. The summed E-state index contributed by atoms with van der Waals surface area (Å²) in [4.78, 5) is 29.5. The van der Waals surface area contributed by atoms with Crippen LogP contribution in [0.2, 0.25) is 0 Å². The van der Waals surface area contributed by atoms with Crippen LogP contribution in [-0.2, 0) is 6.42 Å². The molecule has 3 rings (SSSR count). The Labute approximate surface area is 121 Å². The molecule has 1 unspecified atom stereocenters. The first-order valence-electron chi connectivity index (χ1n) is 6.68. The number of hydrogen-bond acceptors (Lipinski definition) is 3. The second-order valence-electron chi connectivity index (χ2n) is 5.08. The molecule has 1 aromatic carbocycles. The van der Waals surface area contributed by atoms with Gasteiger partial charge in [-0.3, -0.25) is 9.78 Å². The van der Waals surface area contributed by atoms with E-state index in [2.05, 4.69) is 4.98 Å². The molecule has 1 aromatic heterocycles. The van der Waals surface area contributed by atoms with E-state index >= 15 is 0 Å². The van der Waals surface area contributed by atoms with Crippen molar-refractivity contribution in [2.45, 2.75) is 19.4 Å². The molecule has 0 spiro atoms. The number of para-hydroxylation sites is 1. The number of aromatic carboxylic acids is 1. The Morgan fingerprint density at radius 1 is 1.24 bits per heavy atom. The number of carboxylic acid groups (broad SMARTS) is 1. The van der Waals surface area contributed by atoms with Gasteiger partial charge in [-0.15, -0.1) is 0 Å². The fraction of sp³-hybridized carbons (Fsp3) is 0.188. The van der Waals surface area contributed by atoms with Crippen LogP contribution in [0.25, 0.3) is 0 Å². The lowest BCUT2D eigenvalue weighted by Crippen LogP contribution is -2.36. The zero-order valence-electron chi connectivity index (χ0n) is 11.5. The van der Waals surface area contributed by atoms with Gasteiger partial charge in [0, 0.05) is 24.1 Å². The van der Waals surface area contributed by atoms with Gasteiger partial charge in [0.25, 0.3) is 5.91 Å². The Bertz CT molecular complexity index is 727. The summed E-state index contributed by atoms with van der Waals surface area (Å²) >= 11 is 0.